The van der Waals surface area contributed by atoms with Gasteiger partial charge in [-0.15, -0.1) is 0 Å². The normalized spacial score (nSPS) is 21.2. The molecule has 0 aromatic rings. The van der Waals surface area contributed by atoms with Gasteiger partial charge >= 0.3 is 0 Å². The molecule has 0 radical (unpaired) electrons. The second-order valence-electron chi connectivity index (χ2n) is 4.81. The summed E-state index contributed by atoms with van der Waals surface area (Å²) in [6.45, 7) is 5.73. The van der Waals surface area contributed by atoms with Crippen molar-refractivity contribution in [1.29, 1.82) is 0 Å². The number of hydrogen-bond acceptors (Lipinski definition) is 2. The molecule has 84 valence electrons. The summed E-state index contributed by atoms with van der Waals surface area (Å²) in [5.41, 5.74) is 6.19. The number of likely N-dealkylation sites (N-methyl/N-ethyl adjacent to an activating group) is 1. The molecule has 0 spiro atoms. The zero-order chi connectivity index (χ0) is 10.6. The van der Waals surface area contributed by atoms with Crippen molar-refractivity contribution >= 4 is 0 Å². The minimum absolute atomic E-state index is 0.369. The number of hydrogen-bond donors (Lipinski definition) is 1. The quantitative estimate of drug-likeness (QED) is 0.680. The van der Waals surface area contributed by atoms with Gasteiger partial charge in [-0.3, -0.25) is 0 Å². The fourth-order valence-corrected chi connectivity index (χ4v) is 2.31. The highest BCUT2D eigenvalue weighted by Gasteiger charge is 2.27. The molecule has 1 fully saturated rings. The predicted molar refractivity (Wildman–Crippen MR) is 62.3 cm³/mol. The fraction of sp³-hybridized carbons (Fsp3) is 1.00. The van der Waals surface area contributed by atoms with Gasteiger partial charge in [-0.05, 0) is 38.6 Å². The summed E-state index contributed by atoms with van der Waals surface area (Å²) in [5, 5.41) is 0. The van der Waals surface area contributed by atoms with Gasteiger partial charge in [-0.25, -0.2) is 0 Å². The molecule has 1 aliphatic carbocycles. The summed E-state index contributed by atoms with van der Waals surface area (Å²) in [6.07, 6.45) is 6.42. The van der Waals surface area contributed by atoms with E-state index in [1.165, 1.54) is 32.2 Å². The minimum Gasteiger partial charge on any atom is -0.326 e. The molecule has 0 bridgehead atoms. The van der Waals surface area contributed by atoms with Crippen LogP contribution < -0.4 is 5.73 Å². The van der Waals surface area contributed by atoms with E-state index in [9.17, 15) is 0 Å². The van der Waals surface area contributed by atoms with Crippen molar-refractivity contribution in [2.45, 2.75) is 58.0 Å². The van der Waals surface area contributed by atoms with Crippen LogP contribution >= 0.6 is 0 Å². The van der Waals surface area contributed by atoms with Gasteiger partial charge < -0.3 is 10.6 Å². The summed E-state index contributed by atoms with van der Waals surface area (Å²) in [5.74, 6) is 0.975. The van der Waals surface area contributed by atoms with Gasteiger partial charge in [0.25, 0.3) is 0 Å². The van der Waals surface area contributed by atoms with Gasteiger partial charge in [0.15, 0.2) is 0 Å². The van der Waals surface area contributed by atoms with E-state index in [0.717, 1.165) is 12.3 Å². The van der Waals surface area contributed by atoms with Crippen molar-refractivity contribution in [2.24, 2.45) is 11.7 Å². The molecule has 0 aliphatic heterocycles. The molecule has 0 amide bonds. The number of nitrogens with two attached hydrogens (primary N) is 1. The van der Waals surface area contributed by atoms with Crippen LogP contribution in [0.15, 0.2) is 0 Å². The first-order chi connectivity index (χ1) is 6.69. The average Bonchev–Trinajstić information content (AvgIpc) is 2.90. The highest BCUT2D eigenvalue weighted by Crippen LogP contribution is 2.30. The largest absolute Gasteiger partial charge is 0.326 e. The molecule has 2 N–H and O–H groups in total. The lowest BCUT2D eigenvalue weighted by Gasteiger charge is -2.32. The maximum atomic E-state index is 6.19. The second kappa shape index (κ2) is 5.72. The van der Waals surface area contributed by atoms with E-state index in [2.05, 4.69) is 25.8 Å². The molecule has 1 aliphatic rings. The highest BCUT2D eigenvalue weighted by molar-refractivity contribution is 4.83. The SMILES string of the molecule is CCCC(N)C(CC)N(C)CC1CC1. The Hall–Kier alpha value is -0.0800. The smallest absolute Gasteiger partial charge is 0.0241 e. The predicted octanol–water partition coefficient (Wildman–Crippen LogP) is 2.23. The maximum Gasteiger partial charge on any atom is 0.0241 e. The van der Waals surface area contributed by atoms with Crippen LogP contribution in [0.5, 0.6) is 0 Å². The lowest BCUT2D eigenvalue weighted by molar-refractivity contribution is 0.192. The van der Waals surface area contributed by atoms with Crippen LogP contribution in [0.4, 0.5) is 0 Å². The van der Waals surface area contributed by atoms with E-state index in [0.29, 0.717) is 12.1 Å². The Bertz CT molecular complexity index is 154. The van der Waals surface area contributed by atoms with Crippen molar-refractivity contribution in [3.63, 3.8) is 0 Å². The molecule has 2 nitrogen and oxygen atoms in total. The summed E-state index contributed by atoms with van der Waals surface area (Å²) < 4.78 is 0. The average molecular weight is 198 g/mol. The van der Waals surface area contributed by atoms with Gasteiger partial charge in [-0.1, -0.05) is 20.3 Å². The van der Waals surface area contributed by atoms with Crippen molar-refractivity contribution in [3.05, 3.63) is 0 Å². The van der Waals surface area contributed by atoms with E-state index in [-0.39, 0.29) is 0 Å². The van der Waals surface area contributed by atoms with Gasteiger partial charge in [-0.2, -0.15) is 0 Å². The standard InChI is InChI=1S/C12H26N2/c1-4-6-11(13)12(5-2)14(3)9-10-7-8-10/h10-12H,4-9,13H2,1-3H3. The van der Waals surface area contributed by atoms with Gasteiger partial charge in [0, 0.05) is 18.6 Å². The Labute approximate surface area is 88.8 Å². The first-order valence-corrected chi connectivity index (χ1v) is 6.14. The van der Waals surface area contributed by atoms with E-state index in [1.807, 2.05) is 0 Å². The number of nitrogens with zero attached hydrogens (tertiary/aromatic N) is 1. The summed E-state index contributed by atoms with van der Waals surface area (Å²) >= 11 is 0. The monoisotopic (exact) mass is 198 g/mol. The molecule has 0 aromatic carbocycles. The molecule has 0 heterocycles. The van der Waals surface area contributed by atoms with Crippen LogP contribution in [-0.2, 0) is 0 Å². The molecule has 1 saturated carbocycles. The first-order valence-electron chi connectivity index (χ1n) is 6.14. The van der Waals surface area contributed by atoms with E-state index < -0.39 is 0 Å². The molecular weight excluding hydrogens is 172 g/mol. The Morgan fingerprint density at radius 3 is 2.43 bits per heavy atom. The molecule has 1 rings (SSSR count). The summed E-state index contributed by atoms with van der Waals surface area (Å²) in [4.78, 5) is 2.48. The van der Waals surface area contributed by atoms with Crippen LogP contribution in [0.2, 0.25) is 0 Å². The topological polar surface area (TPSA) is 29.3 Å². The van der Waals surface area contributed by atoms with Crippen molar-refractivity contribution < 1.29 is 0 Å². The van der Waals surface area contributed by atoms with Crippen molar-refractivity contribution in [1.82, 2.24) is 4.90 Å². The lowest BCUT2D eigenvalue weighted by Crippen LogP contribution is -2.46. The molecule has 2 heteroatoms. The lowest BCUT2D eigenvalue weighted by atomic mass is 10.0. The molecule has 2 unspecified atom stereocenters. The highest BCUT2D eigenvalue weighted by atomic mass is 15.1. The third-order valence-electron chi connectivity index (χ3n) is 3.34. The van der Waals surface area contributed by atoms with Crippen LogP contribution in [0.3, 0.4) is 0 Å². The summed E-state index contributed by atoms with van der Waals surface area (Å²) in [6, 6.07) is 0.962. The minimum atomic E-state index is 0.369. The van der Waals surface area contributed by atoms with Crippen molar-refractivity contribution in [2.75, 3.05) is 13.6 Å². The van der Waals surface area contributed by atoms with Crippen LogP contribution in [-0.4, -0.2) is 30.6 Å². The van der Waals surface area contributed by atoms with Crippen LogP contribution in [0.1, 0.15) is 46.0 Å². The third-order valence-corrected chi connectivity index (χ3v) is 3.34. The van der Waals surface area contributed by atoms with E-state index >= 15 is 0 Å². The molecule has 2 atom stereocenters. The van der Waals surface area contributed by atoms with Crippen LogP contribution in [0, 0.1) is 5.92 Å². The van der Waals surface area contributed by atoms with E-state index in [4.69, 9.17) is 5.73 Å². The molecular formula is C12H26N2. The second-order valence-corrected chi connectivity index (χ2v) is 4.81. The number of rotatable bonds is 7. The Morgan fingerprint density at radius 1 is 1.36 bits per heavy atom. The first kappa shape index (κ1) is 12.0. The Kier molecular flexibility index (Phi) is 4.90. The fourth-order valence-electron chi connectivity index (χ4n) is 2.31. The van der Waals surface area contributed by atoms with Gasteiger partial charge in [0.05, 0.1) is 0 Å². The van der Waals surface area contributed by atoms with Gasteiger partial charge in [0.2, 0.25) is 0 Å². The maximum absolute atomic E-state index is 6.19. The molecule has 14 heavy (non-hydrogen) atoms. The third kappa shape index (κ3) is 3.58. The van der Waals surface area contributed by atoms with Crippen molar-refractivity contribution in [3.8, 4) is 0 Å². The molecule has 0 aromatic heterocycles. The van der Waals surface area contributed by atoms with E-state index in [1.54, 1.807) is 0 Å². The van der Waals surface area contributed by atoms with Gasteiger partial charge in [0.1, 0.15) is 0 Å². The zero-order valence-corrected chi connectivity index (χ0v) is 10.00. The molecule has 0 saturated heterocycles. The zero-order valence-electron chi connectivity index (χ0n) is 10.00. The Balaban J connectivity index is 2.33. The Morgan fingerprint density at radius 2 is 2.00 bits per heavy atom. The summed E-state index contributed by atoms with van der Waals surface area (Å²) in [7, 11) is 2.24. The van der Waals surface area contributed by atoms with Crippen LogP contribution in [0.25, 0.3) is 0 Å².